The molecule has 15 heavy (non-hydrogen) atoms. The topological polar surface area (TPSA) is 52.6 Å². The number of rotatable bonds is 4. The van der Waals surface area contributed by atoms with E-state index < -0.39 is 10.9 Å². The van der Waals surface area contributed by atoms with Crippen LogP contribution in [0.5, 0.6) is 0 Å². The summed E-state index contributed by atoms with van der Waals surface area (Å²) in [5.74, 6) is 0.359. The van der Waals surface area contributed by atoms with Crippen LogP contribution in [0.25, 0.3) is 0 Å². The van der Waals surface area contributed by atoms with Crippen molar-refractivity contribution >= 4 is 34.1 Å². The zero-order chi connectivity index (χ0) is 12.3. The van der Waals surface area contributed by atoms with Crippen molar-refractivity contribution in [3.8, 4) is 0 Å². The highest BCUT2D eigenvalue weighted by molar-refractivity contribution is 6.61. The summed E-state index contributed by atoms with van der Waals surface area (Å²) in [5.41, 5.74) is -1.52. The molecule has 0 spiro atoms. The lowest BCUT2D eigenvalue weighted by Gasteiger charge is -2.00. The third-order valence-electron chi connectivity index (χ3n) is 0.845. The van der Waals surface area contributed by atoms with Crippen LogP contribution in [0, 0.1) is 5.92 Å². The van der Waals surface area contributed by atoms with Gasteiger partial charge in [0.15, 0.2) is 0 Å². The second-order valence-electron chi connectivity index (χ2n) is 2.78. The molecular weight excluding hydrogens is 243 g/mol. The van der Waals surface area contributed by atoms with Crippen molar-refractivity contribution in [3.05, 3.63) is 12.7 Å². The summed E-state index contributed by atoms with van der Waals surface area (Å²) in [6, 6.07) is 0. The highest BCUT2D eigenvalue weighted by Gasteiger charge is 1.96. The molecule has 0 unspecified atom stereocenters. The Morgan fingerprint density at radius 1 is 1.27 bits per heavy atom. The van der Waals surface area contributed by atoms with Gasteiger partial charge in [-0.15, -0.1) is 0 Å². The maximum Gasteiger partial charge on any atom is 0.404 e. The fourth-order valence-electron chi connectivity index (χ4n) is 0.357. The van der Waals surface area contributed by atoms with Crippen LogP contribution in [0.15, 0.2) is 12.7 Å². The lowest BCUT2D eigenvalue weighted by atomic mass is 10.2. The number of hydrogen-bond acceptors (Lipinski definition) is 4. The summed E-state index contributed by atoms with van der Waals surface area (Å²) in [6.45, 7) is 7.77. The monoisotopic (exact) mass is 256 g/mol. The SMILES string of the molecule is C=CCOC(=O)Cl.CC(C)COC(=O)Cl. The molecule has 0 aromatic rings. The van der Waals surface area contributed by atoms with Gasteiger partial charge in [0, 0.05) is 23.2 Å². The molecule has 0 heterocycles. The van der Waals surface area contributed by atoms with Crippen LogP contribution in [-0.4, -0.2) is 24.1 Å². The Bertz CT molecular complexity index is 204. The van der Waals surface area contributed by atoms with Crippen LogP contribution >= 0.6 is 23.2 Å². The quantitative estimate of drug-likeness (QED) is 0.570. The predicted molar refractivity (Wildman–Crippen MR) is 59.4 cm³/mol. The first-order valence-corrected chi connectivity index (χ1v) is 4.91. The van der Waals surface area contributed by atoms with Crippen LogP contribution in [0.2, 0.25) is 0 Å². The van der Waals surface area contributed by atoms with Crippen LogP contribution in [-0.2, 0) is 9.47 Å². The molecule has 0 radical (unpaired) electrons. The smallest absolute Gasteiger partial charge is 0.404 e. The molecule has 0 aliphatic carbocycles. The summed E-state index contributed by atoms with van der Waals surface area (Å²) in [7, 11) is 0. The Hall–Kier alpha value is -0.740. The van der Waals surface area contributed by atoms with Crippen molar-refractivity contribution in [2.24, 2.45) is 5.92 Å². The van der Waals surface area contributed by atoms with Crippen LogP contribution in [0.3, 0.4) is 0 Å². The number of halogens is 2. The minimum atomic E-state index is -0.792. The van der Waals surface area contributed by atoms with E-state index in [2.05, 4.69) is 16.1 Å². The van der Waals surface area contributed by atoms with Gasteiger partial charge in [0.2, 0.25) is 0 Å². The summed E-state index contributed by atoms with van der Waals surface area (Å²) < 4.78 is 8.63. The van der Waals surface area contributed by atoms with Crippen molar-refractivity contribution < 1.29 is 19.1 Å². The summed E-state index contributed by atoms with van der Waals surface area (Å²) >= 11 is 9.61. The summed E-state index contributed by atoms with van der Waals surface area (Å²) in [5, 5.41) is 0. The van der Waals surface area contributed by atoms with Gasteiger partial charge in [0.25, 0.3) is 0 Å². The molecule has 0 fully saturated rings. The standard InChI is InChI=1S/C5H9ClO2.C4H5ClO2/c1-4(2)3-8-5(6)7;1-2-3-7-4(5)6/h4H,3H2,1-2H3;2H,1,3H2. The molecule has 0 aliphatic rings. The molecule has 0 rings (SSSR count). The lowest BCUT2D eigenvalue weighted by Crippen LogP contribution is -2.02. The van der Waals surface area contributed by atoms with Crippen LogP contribution in [0.1, 0.15) is 13.8 Å². The van der Waals surface area contributed by atoms with E-state index >= 15 is 0 Å². The summed E-state index contributed by atoms with van der Waals surface area (Å²) in [4.78, 5) is 19.6. The van der Waals surface area contributed by atoms with Crippen molar-refractivity contribution in [1.82, 2.24) is 0 Å². The normalized spacial score (nSPS) is 8.60. The van der Waals surface area contributed by atoms with E-state index in [-0.39, 0.29) is 6.61 Å². The maximum atomic E-state index is 9.89. The zero-order valence-electron chi connectivity index (χ0n) is 8.66. The van der Waals surface area contributed by atoms with E-state index in [1.54, 1.807) is 0 Å². The first-order valence-electron chi connectivity index (χ1n) is 4.15. The average Bonchev–Trinajstić information content (AvgIpc) is 2.12. The number of carbonyl (C=O) groups is 2. The third-order valence-corrected chi connectivity index (χ3v) is 1.06. The van der Waals surface area contributed by atoms with E-state index in [4.69, 9.17) is 23.2 Å². The van der Waals surface area contributed by atoms with E-state index in [1.165, 1.54) is 6.08 Å². The first-order chi connectivity index (χ1) is 6.90. The fraction of sp³-hybridized carbons (Fsp3) is 0.556. The van der Waals surface area contributed by atoms with Crippen LogP contribution in [0.4, 0.5) is 9.59 Å². The zero-order valence-corrected chi connectivity index (χ0v) is 10.2. The van der Waals surface area contributed by atoms with E-state index in [9.17, 15) is 9.59 Å². The molecule has 0 atom stereocenters. The lowest BCUT2D eigenvalue weighted by molar-refractivity contribution is 0.159. The van der Waals surface area contributed by atoms with Gasteiger partial charge in [-0.05, 0) is 5.92 Å². The molecule has 0 aliphatic heterocycles. The molecule has 4 nitrogen and oxygen atoms in total. The molecular formula is C9H14Cl2O4. The number of ether oxygens (including phenoxy) is 2. The second-order valence-corrected chi connectivity index (χ2v) is 3.40. The molecule has 0 aromatic heterocycles. The second kappa shape index (κ2) is 11.3. The minimum Gasteiger partial charge on any atom is -0.453 e. The Labute approximate surface area is 99.1 Å². The first kappa shape index (κ1) is 16.7. The largest absolute Gasteiger partial charge is 0.453 e. The van der Waals surface area contributed by atoms with Crippen molar-refractivity contribution in [3.63, 3.8) is 0 Å². The van der Waals surface area contributed by atoms with E-state index in [0.29, 0.717) is 12.5 Å². The minimum absolute atomic E-state index is 0.183. The van der Waals surface area contributed by atoms with Crippen molar-refractivity contribution in [2.45, 2.75) is 13.8 Å². The van der Waals surface area contributed by atoms with Crippen LogP contribution < -0.4 is 0 Å². The van der Waals surface area contributed by atoms with E-state index in [0.717, 1.165) is 0 Å². The predicted octanol–water partition coefficient (Wildman–Crippen LogP) is 3.57. The number of carbonyl (C=O) groups excluding carboxylic acids is 2. The van der Waals surface area contributed by atoms with Gasteiger partial charge in [-0.3, -0.25) is 0 Å². The molecule has 0 bridgehead atoms. The Morgan fingerprint density at radius 3 is 1.87 bits per heavy atom. The molecule has 0 saturated heterocycles. The maximum absolute atomic E-state index is 9.89. The van der Waals surface area contributed by atoms with E-state index in [1.807, 2.05) is 13.8 Å². The molecule has 0 N–H and O–H groups in total. The van der Waals surface area contributed by atoms with Gasteiger partial charge in [-0.2, -0.15) is 0 Å². The third kappa shape index (κ3) is 24.6. The molecule has 0 amide bonds. The fourth-order valence-corrected chi connectivity index (χ4v) is 0.483. The highest BCUT2D eigenvalue weighted by atomic mass is 35.5. The Morgan fingerprint density at radius 2 is 1.73 bits per heavy atom. The molecule has 88 valence electrons. The van der Waals surface area contributed by atoms with Gasteiger partial charge < -0.3 is 9.47 Å². The van der Waals surface area contributed by atoms with Gasteiger partial charge in [0.05, 0.1) is 6.61 Å². The molecule has 0 aromatic carbocycles. The molecule has 0 saturated carbocycles. The van der Waals surface area contributed by atoms with Gasteiger partial charge in [-0.25, -0.2) is 9.59 Å². The van der Waals surface area contributed by atoms with Crippen molar-refractivity contribution in [1.29, 1.82) is 0 Å². The Kier molecular flexibility index (Phi) is 12.6. The molecule has 6 heteroatoms. The van der Waals surface area contributed by atoms with Gasteiger partial charge in [0.1, 0.15) is 6.61 Å². The number of hydrogen-bond donors (Lipinski definition) is 0. The van der Waals surface area contributed by atoms with Gasteiger partial charge >= 0.3 is 10.9 Å². The summed E-state index contributed by atoms with van der Waals surface area (Å²) in [6.07, 6.45) is 1.44. The highest BCUT2D eigenvalue weighted by Crippen LogP contribution is 1.94. The average molecular weight is 257 g/mol. The van der Waals surface area contributed by atoms with Gasteiger partial charge in [-0.1, -0.05) is 26.5 Å². The Balaban J connectivity index is 0. The van der Waals surface area contributed by atoms with Crippen molar-refractivity contribution in [2.75, 3.05) is 13.2 Å².